The van der Waals surface area contributed by atoms with E-state index in [-0.39, 0.29) is 6.54 Å². The Morgan fingerprint density at radius 1 is 1.60 bits per heavy atom. The Morgan fingerprint density at radius 3 is 2.90 bits per heavy atom. The summed E-state index contributed by atoms with van der Waals surface area (Å²) in [5, 5.41) is 20.0. The largest absolute Gasteiger partial charge is 0.479 e. The van der Waals surface area contributed by atoms with Crippen molar-refractivity contribution in [3.63, 3.8) is 0 Å². The smallest absolute Gasteiger partial charge is 0.337 e. The van der Waals surface area contributed by atoms with Gasteiger partial charge in [0, 0.05) is 38.2 Å². The monoisotopic (exact) mass is 299 g/mol. The Morgan fingerprint density at radius 2 is 2.35 bits per heavy atom. The number of carbonyl (C=O) groups is 1. The highest BCUT2D eigenvalue weighted by atomic mass is 35.5. The molecule has 1 saturated heterocycles. The number of ether oxygens (including phenoxy) is 1. The fraction of sp³-hybridized carbons (Fsp3) is 0.500. The lowest BCUT2D eigenvalue weighted by atomic mass is 10.0. The Labute approximate surface area is 122 Å². The van der Waals surface area contributed by atoms with Crippen LogP contribution in [0.5, 0.6) is 0 Å². The minimum Gasteiger partial charge on any atom is -0.479 e. The summed E-state index contributed by atoms with van der Waals surface area (Å²) in [6.07, 6.45) is -0.281. The lowest BCUT2D eigenvalue weighted by Gasteiger charge is -2.24. The van der Waals surface area contributed by atoms with Crippen molar-refractivity contribution < 1.29 is 19.7 Å². The summed E-state index contributed by atoms with van der Waals surface area (Å²) in [4.78, 5) is 13.2. The van der Waals surface area contributed by atoms with Gasteiger partial charge in [0.2, 0.25) is 0 Å². The molecule has 1 aliphatic rings. The van der Waals surface area contributed by atoms with Gasteiger partial charge < -0.3 is 14.9 Å². The number of nitrogens with zero attached hydrogens (tertiary/aromatic N) is 1. The predicted octanol–water partition coefficient (Wildman–Crippen LogP) is 1.55. The molecule has 1 aliphatic heterocycles. The second-order valence-corrected chi connectivity index (χ2v) is 5.50. The SMILES string of the molecule is COC1(C(=O)O)CCN(CC(O)c2cccc(Cl)c2)C1. The molecule has 0 aliphatic carbocycles. The van der Waals surface area contributed by atoms with Gasteiger partial charge in [0.05, 0.1) is 6.10 Å². The van der Waals surface area contributed by atoms with Crippen LogP contribution in [-0.2, 0) is 9.53 Å². The van der Waals surface area contributed by atoms with Crippen LogP contribution < -0.4 is 0 Å². The van der Waals surface area contributed by atoms with Gasteiger partial charge in [-0.25, -0.2) is 4.79 Å². The van der Waals surface area contributed by atoms with Gasteiger partial charge in [-0.1, -0.05) is 23.7 Å². The van der Waals surface area contributed by atoms with E-state index in [1.54, 1.807) is 24.3 Å². The molecular weight excluding hydrogens is 282 g/mol. The van der Waals surface area contributed by atoms with Crippen LogP contribution in [0.25, 0.3) is 0 Å². The predicted molar refractivity (Wildman–Crippen MR) is 74.8 cm³/mol. The third-order valence-electron chi connectivity index (χ3n) is 3.76. The summed E-state index contributed by atoms with van der Waals surface area (Å²) < 4.78 is 5.15. The molecule has 1 aromatic rings. The highest BCUT2D eigenvalue weighted by Gasteiger charge is 2.45. The van der Waals surface area contributed by atoms with E-state index >= 15 is 0 Å². The zero-order valence-electron chi connectivity index (χ0n) is 11.3. The molecule has 2 N–H and O–H groups in total. The summed E-state index contributed by atoms with van der Waals surface area (Å²) in [5.41, 5.74) is -0.434. The molecule has 5 nitrogen and oxygen atoms in total. The molecule has 2 rings (SSSR count). The maximum Gasteiger partial charge on any atom is 0.337 e. The van der Waals surface area contributed by atoms with Crippen molar-refractivity contribution in [2.45, 2.75) is 18.1 Å². The quantitative estimate of drug-likeness (QED) is 0.863. The van der Waals surface area contributed by atoms with E-state index < -0.39 is 17.7 Å². The molecule has 1 fully saturated rings. The Hall–Kier alpha value is -1.14. The first-order chi connectivity index (χ1) is 9.47. The highest BCUT2D eigenvalue weighted by molar-refractivity contribution is 6.30. The van der Waals surface area contributed by atoms with Gasteiger partial charge in [0.1, 0.15) is 0 Å². The number of hydrogen-bond donors (Lipinski definition) is 2. The van der Waals surface area contributed by atoms with Crippen molar-refractivity contribution in [1.82, 2.24) is 4.90 Å². The van der Waals surface area contributed by atoms with Crippen LogP contribution in [0.15, 0.2) is 24.3 Å². The number of carboxylic acid groups (broad SMARTS) is 1. The first-order valence-corrected chi connectivity index (χ1v) is 6.79. The van der Waals surface area contributed by atoms with Crippen LogP contribution in [0.2, 0.25) is 5.02 Å². The average molecular weight is 300 g/mol. The van der Waals surface area contributed by atoms with Crippen molar-refractivity contribution >= 4 is 17.6 Å². The molecule has 6 heteroatoms. The van der Waals surface area contributed by atoms with Gasteiger partial charge >= 0.3 is 5.97 Å². The molecule has 0 spiro atoms. The first kappa shape index (κ1) is 15.3. The molecule has 1 heterocycles. The maximum atomic E-state index is 11.3. The molecule has 0 radical (unpaired) electrons. The minimum atomic E-state index is -1.16. The Balaban J connectivity index is 2.00. The molecule has 0 amide bonds. The summed E-state index contributed by atoms with van der Waals surface area (Å²) in [5.74, 6) is -0.959. The highest BCUT2D eigenvalue weighted by Crippen LogP contribution is 2.27. The lowest BCUT2D eigenvalue weighted by molar-refractivity contribution is -0.160. The number of carboxylic acids is 1. The zero-order valence-corrected chi connectivity index (χ0v) is 12.0. The van der Waals surface area contributed by atoms with E-state index in [1.165, 1.54) is 7.11 Å². The zero-order chi connectivity index (χ0) is 14.8. The number of benzene rings is 1. The summed E-state index contributed by atoms with van der Waals surface area (Å²) >= 11 is 5.89. The number of methoxy groups -OCH3 is 1. The second-order valence-electron chi connectivity index (χ2n) is 5.06. The fourth-order valence-corrected chi connectivity index (χ4v) is 2.70. The van der Waals surface area contributed by atoms with E-state index in [1.807, 2.05) is 4.90 Å². The van der Waals surface area contributed by atoms with Gasteiger partial charge in [-0.2, -0.15) is 0 Å². The molecular formula is C14H18ClNO4. The van der Waals surface area contributed by atoms with Crippen molar-refractivity contribution in [1.29, 1.82) is 0 Å². The Bertz CT molecular complexity index is 496. The number of aliphatic hydroxyl groups is 1. The molecule has 2 atom stereocenters. The number of rotatable bonds is 5. The number of β-amino-alcohol motifs (C(OH)–C–C–N with tert-alkyl or cyclic N) is 1. The molecule has 1 aromatic carbocycles. The van der Waals surface area contributed by atoms with Crippen LogP contribution in [0.4, 0.5) is 0 Å². The van der Waals surface area contributed by atoms with Crippen molar-refractivity contribution in [2.75, 3.05) is 26.7 Å². The number of halogens is 1. The number of hydrogen-bond acceptors (Lipinski definition) is 4. The van der Waals surface area contributed by atoms with Crippen LogP contribution in [-0.4, -0.2) is 53.4 Å². The maximum absolute atomic E-state index is 11.3. The topological polar surface area (TPSA) is 70.0 Å². The summed E-state index contributed by atoms with van der Waals surface area (Å²) in [6, 6.07) is 7.03. The minimum absolute atomic E-state index is 0.274. The molecule has 0 saturated carbocycles. The van der Waals surface area contributed by atoms with Gasteiger partial charge in [-0.3, -0.25) is 4.90 Å². The first-order valence-electron chi connectivity index (χ1n) is 6.41. The lowest BCUT2D eigenvalue weighted by Crippen LogP contribution is -2.43. The van der Waals surface area contributed by atoms with Crippen molar-refractivity contribution in [2.24, 2.45) is 0 Å². The fourth-order valence-electron chi connectivity index (χ4n) is 2.51. The van der Waals surface area contributed by atoms with Crippen LogP contribution in [0, 0.1) is 0 Å². The van der Waals surface area contributed by atoms with Crippen molar-refractivity contribution in [3.8, 4) is 0 Å². The van der Waals surface area contributed by atoms with E-state index in [0.717, 1.165) is 5.56 Å². The molecule has 110 valence electrons. The molecule has 0 aromatic heterocycles. The Kier molecular flexibility index (Phi) is 4.65. The molecule has 2 unspecified atom stereocenters. The van der Waals surface area contributed by atoms with Gasteiger partial charge in [0.15, 0.2) is 5.60 Å². The number of aliphatic carboxylic acids is 1. The third-order valence-corrected chi connectivity index (χ3v) is 3.99. The summed E-state index contributed by atoms with van der Waals surface area (Å²) in [6.45, 7) is 1.22. The molecule has 0 bridgehead atoms. The summed E-state index contributed by atoms with van der Waals surface area (Å²) in [7, 11) is 1.41. The van der Waals surface area contributed by atoms with E-state index in [2.05, 4.69) is 0 Å². The normalized spacial score (nSPS) is 24.8. The van der Waals surface area contributed by atoms with Crippen LogP contribution in [0.1, 0.15) is 18.1 Å². The standard InChI is InChI=1S/C14H18ClNO4/c1-20-14(13(18)19)5-6-16(9-14)8-12(17)10-3-2-4-11(15)7-10/h2-4,7,12,17H,5-6,8-9H2,1H3,(H,18,19). The van der Waals surface area contributed by atoms with Crippen LogP contribution >= 0.6 is 11.6 Å². The van der Waals surface area contributed by atoms with Crippen molar-refractivity contribution in [3.05, 3.63) is 34.9 Å². The second kappa shape index (κ2) is 6.10. The van der Waals surface area contributed by atoms with Crippen LogP contribution in [0.3, 0.4) is 0 Å². The number of likely N-dealkylation sites (tertiary alicyclic amines) is 1. The van der Waals surface area contributed by atoms with Gasteiger partial charge in [-0.15, -0.1) is 0 Å². The third kappa shape index (κ3) is 3.12. The van der Waals surface area contributed by atoms with E-state index in [0.29, 0.717) is 24.5 Å². The molecule has 20 heavy (non-hydrogen) atoms. The van der Waals surface area contributed by atoms with Gasteiger partial charge in [-0.05, 0) is 17.7 Å². The van der Waals surface area contributed by atoms with E-state index in [4.69, 9.17) is 16.3 Å². The van der Waals surface area contributed by atoms with E-state index in [9.17, 15) is 15.0 Å². The number of aliphatic hydroxyl groups excluding tert-OH is 1. The average Bonchev–Trinajstić information content (AvgIpc) is 2.83. The van der Waals surface area contributed by atoms with Gasteiger partial charge in [0.25, 0.3) is 0 Å².